The second kappa shape index (κ2) is 5.87. The van der Waals surface area contributed by atoms with E-state index in [1.807, 2.05) is 18.2 Å². The molecule has 21 heavy (non-hydrogen) atoms. The lowest BCUT2D eigenvalue weighted by Gasteiger charge is -2.07. The zero-order chi connectivity index (χ0) is 14.8. The average Bonchev–Trinajstić information content (AvgIpc) is 2.98. The van der Waals surface area contributed by atoms with Gasteiger partial charge in [-0.15, -0.1) is 10.2 Å². The molecule has 3 aromatic rings. The van der Waals surface area contributed by atoms with Crippen LogP contribution in [-0.2, 0) is 0 Å². The molecule has 0 fully saturated rings. The van der Waals surface area contributed by atoms with Crippen molar-refractivity contribution in [2.24, 2.45) is 0 Å². The number of fused-ring (bicyclic) bond motifs is 1. The molecule has 1 aromatic heterocycles. The van der Waals surface area contributed by atoms with E-state index in [0.717, 1.165) is 27.5 Å². The molecular weight excluding hydrogens is 285 g/mol. The van der Waals surface area contributed by atoms with Crippen LogP contribution in [-0.4, -0.2) is 16.7 Å². The molecule has 3 nitrogen and oxygen atoms in total. The van der Waals surface area contributed by atoms with E-state index in [1.54, 1.807) is 23.5 Å². The molecule has 108 valence electrons. The van der Waals surface area contributed by atoms with Crippen molar-refractivity contribution in [3.8, 4) is 10.6 Å². The number of aromatic nitrogens is 2. The van der Waals surface area contributed by atoms with Crippen molar-refractivity contribution in [3.63, 3.8) is 0 Å². The normalized spacial score (nSPS) is 12.7. The Morgan fingerprint density at radius 2 is 1.90 bits per heavy atom. The predicted molar refractivity (Wildman–Crippen MR) is 84.9 cm³/mol. The van der Waals surface area contributed by atoms with Gasteiger partial charge in [0.05, 0.1) is 6.04 Å². The molecule has 0 saturated heterocycles. The number of benzene rings is 2. The fourth-order valence-corrected chi connectivity index (χ4v) is 3.27. The average molecular weight is 301 g/mol. The van der Waals surface area contributed by atoms with Crippen molar-refractivity contribution >= 4 is 22.1 Å². The smallest absolute Gasteiger partial charge is 0.148 e. The predicted octanol–water partition coefficient (Wildman–Crippen LogP) is 4.17. The lowest BCUT2D eigenvalue weighted by molar-refractivity contribution is 0.590. The van der Waals surface area contributed by atoms with Crippen LogP contribution in [0.15, 0.2) is 36.4 Å². The minimum absolute atomic E-state index is 0.174. The fraction of sp³-hybridized carbons (Fsp3) is 0.250. The molecule has 5 heteroatoms. The summed E-state index contributed by atoms with van der Waals surface area (Å²) in [6, 6.07) is 10.9. The summed E-state index contributed by atoms with van der Waals surface area (Å²) in [4.78, 5) is 0. The molecule has 0 aliphatic carbocycles. The highest BCUT2D eigenvalue weighted by atomic mass is 32.1. The van der Waals surface area contributed by atoms with Crippen LogP contribution in [0.2, 0.25) is 0 Å². The number of nitrogens with one attached hydrogen (secondary N) is 1. The zero-order valence-corrected chi connectivity index (χ0v) is 12.7. The van der Waals surface area contributed by atoms with E-state index in [-0.39, 0.29) is 11.9 Å². The van der Waals surface area contributed by atoms with Gasteiger partial charge in [-0.3, -0.25) is 0 Å². The topological polar surface area (TPSA) is 37.8 Å². The van der Waals surface area contributed by atoms with E-state index >= 15 is 0 Å². The minimum atomic E-state index is -0.208. The van der Waals surface area contributed by atoms with Gasteiger partial charge in [0.1, 0.15) is 15.8 Å². The van der Waals surface area contributed by atoms with Crippen molar-refractivity contribution in [1.82, 2.24) is 15.5 Å². The summed E-state index contributed by atoms with van der Waals surface area (Å²) in [5, 5.41) is 15.1. The minimum Gasteiger partial charge on any atom is -0.308 e. The first-order valence-electron chi connectivity index (χ1n) is 6.95. The third-order valence-electron chi connectivity index (χ3n) is 3.42. The molecule has 0 aliphatic rings. The quantitative estimate of drug-likeness (QED) is 0.786. The first kappa shape index (κ1) is 14.1. The number of halogens is 1. The Morgan fingerprint density at radius 3 is 2.67 bits per heavy atom. The summed E-state index contributed by atoms with van der Waals surface area (Å²) >= 11 is 1.55. The summed E-state index contributed by atoms with van der Waals surface area (Å²) in [7, 11) is 0. The third-order valence-corrected chi connectivity index (χ3v) is 4.56. The molecule has 1 atom stereocenters. The highest BCUT2D eigenvalue weighted by Gasteiger charge is 2.14. The Balaban J connectivity index is 2.07. The third kappa shape index (κ3) is 2.66. The molecule has 2 aromatic carbocycles. The summed E-state index contributed by atoms with van der Waals surface area (Å²) in [5.74, 6) is -0.208. The van der Waals surface area contributed by atoms with Gasteiger partial charge in [-0.25, -0.2) is 4.39 Å². The lowest BCUT2D eigenvalue weighted by atomic mass is 10.0. The zero-order valence-electron chi connectivity index (χ0n) is 11.9. The Hall–Kier alpha value is -1.85. The monoisotopic (exact) mass is 301 g/mol. The Morgan fingerprint density at radius 1 is 1.14 bits per heavy atom. The van der Waals surface area contributed by atoms with Gasteiger partial charge in [-0.05, 0) is 31.0 Å². The molecular formula is C16H16FN3S. The molecule has 1 unspecified atom stereocenters. The molecule has 0 aliphatic heterocycles. The first-order valence-corrected chi connectivity index (χ1v) is 7.76. The Kier molecular flexibility index (Phi) is 3.94. The second-order valence-corrected chi connectivity index (χ2v) is 5.87. The molecule has 1 N–H and O–H groups in total. The van der Waals surface area contributed by atoms with Crippen LogP contribution in [0.4, 0.5) is 4.39 Å². The highest BCUT2D eigenvalue weighted by molar-refractivity contribution is 7.14. The van der Waals surface area contributed by atoms with Crippen LogP contribution in [0.25, 0.3) is 21.3 Å². The standard InChI is InChI=1S/C16H16FN3S/c1-3-18-10(2)15-19-20-16(21-15)13-8-9-14(17)12-7-5-4-6-11(12)13/h4-10,18H,3H2,1-2H3. The summed E-state index contributed by atoms with van der Waals surface area (Å²) in [5.41, 5.74) is 0.930. The van der Waals surface area contributed by atoms with Crippen LogP contribution in [0.3, 0.4) is 0 Å². The van der Waals surface area contributed by atoms with Gasteiger partial charge in [-0.1, -0.05) is 42.5 Å². The van der Waals surface area contributed by atoms with Crippen LogP contribution in [0.5, 0.6) is 0 Å². The molecule has 0 bridgehead atoms. The molecule has 3 rings (SSSR count). The van der Waals surface area contributed by atoms with Crippen molar-refractivity contribution in [1.29, 1.82) is 0 Å². The van der Waals surface area contributed by atoms with Crippen molar-refractivity contribution in [2.75, 3.05) is 6.54 Å². The van der Waals surface area contributed by atoms with Gasteiger partial charge in [0.2, 0.25) is 0 Å². The molecule has 0 saturated carbocycles. The van der Waals surface area contributed by atoms with Crippen molar-refractivity contribution < 1.29 is 4.39 Å². The summed E-state index contributed by atoms with van der Waals surface area (Å²) in [6.07, 6.45) is 0. The number of nitrogens with zero attached hydrogens (tertiary/aromatic N) is 2. The first-order chi connectivity index (χ1) is 10.2. The van der Waals surface area contributed by atoms with Gasteiger partial charge < -0.3 is 5.32 Å². The van der Waals surface area contributed by atoms with Gasteiger partial charge in [-0.2, -0.15) is 0 Å². The molecule has 0 amide bonds. The highest BCUT2D eigenvalue weighted by Crippen LogP contribution is 2.33. The molecule has 0 radical (unpaired) electrons. The number of hydrogen-bond acceptors (Lipinski definition) is 4. The lowest BCUT2D eigenvalue weighted by Crippen LogP contribution is -2.17. The van der Waals surface area contributed by atoms with E-state index in [0.29, 0.717) is 5.39 Å². The van der Waals surface area contributed by atoms with E-state index in [9.17, 15) is 4.39 Å². The Labute approximate surface area is 126 Å². The molecule has 0 spiro atoms. The van der Waals surface area contributed by atoms with Crippen LogP contribution in [0, 0.1) is 5.82 Å². The van der Waals surface area contributed by atoms with Crippen LogP contribution in [0.1, 0.15) is 24.9 Å². The maximum Gasteiger partial charge on any atom is 0.148 e. The van der Waals surface area contributed by atoms with Crippen LogP contribution >= 0.6 is 11.3 Å². The second-order valence-electron chi connectivity index (χ2n) is 4.87. The maximum atomic E-state index is 13.9. The van der Waals surface area contributed by atoms with Gasteiger partial charge in [0.25, 0.3) is 0 Å². The largest absolute Gasteiger partial charge is 0.308 e. The number of rotatable bonds is 4. The maximum absolute atomic E-state index is 13.9. The van der Waals surface area contributed by atoms with E-state index in [4.69, 9.17) is 0 Å². The van der Waals surface area contributed by atoms with E-state index in [1.165, 1.54) is 6.07 Å². The van der Waals surface area contributed by atoms with E-state index < -0.39 is 0 Å². The summed E-state index contributed by atoms with van der Waals surface area (Å²) < 4.78 is 13.9. The SMILES string of the molecule is CCNC(C)c1nnc(-c2ccc(F)c3ccccc23)s1. The summed E-state index contributed by atoms with van der Waals surface area (Å²) in [6.45, 7) is 5.01. The number of hydrogen-bond donors (Lipinski definition) is 1. The molecule has 1 heterocycles. The van der Waals surface area contributed by atoms with Gasteiger partial charge in [0, 0.05) is 10.9 Å². The van der Waals surface area contributed by atoms with Gasteiger partial charge >= 0.3 is 0 Å². The Bertz CT molecular complexity index is 769. The van der Waals surface area contributed by atoms with Crippen molar-refractivity contribution in [2.45, 2.75) is 19.9 Å². The van der Waals surface area contributed by atoms with Crippen LogP contribution < -0.4 is 5.32 Å². The van der Waals surface area contributed by atoms with E-state index in [2.05, 4.69) is 29.4 Å². The van der Waals surface area contributed by atoms with Gasteiger partial charge in [0.15, 0.2) is 0 Å². The fourth-order valence-electron chi connectivity index (χ4n) is 2.36. The van der Waals surface area contributed by atoms with Crippen molar-refractivity contribution in [3.05, 3.63) is 47.2 Å².